The smallest absolute Gasteiger partial charge is 0.213 e. The number of benzene rings is 7. The molecule has 0 amide bonds. The van der Waals surface area contributed by atoms with Gasteiger partial charge in [-0.3, -0.25) is 4.57 Å². The van der Waals surface area contributed by atoms with Crippen molar-refractivity contribution in [2.75, 3.05) is 0 Å². The summed E-state index contributed by atoms with van der Waals surface area (Å²) in [5.74, 6) is 0. The van der Waals surface area contributed by atoms with Crippen LogP contribution in [0.15, 0.2) is 162 Å². The number of nitrogens with zero attached hydrogens (tertiary/aromatic N) is 2. The third-order valence-corrected chi connectivity index (χ3v) is 9.30. The number of furan rings is 1. The molecule has 0 spiro atoms. The summed E-state index contributed by atoms with van der Waals surface area (Å²) in [6.45, 7) is 0. The number of aromatic nitrogens is 2. The van der Waals surface area contributed by atoms with Crippen LogP contribution in [0.1, 0.15) is 0 Å². The molecule has 0 aliphatic carbocycles. The molecule has 0 atom stereocenters. The van der Waals surface area contributed by atoms with E-state index in [-0.39, 0.29) is 0 Å². The second kappa shape index (κ2) is 9.22. The first-order valence-electron chi connectivity index (χ1n) is 15.4. The van der Waals surface area contributed by atoms with Crippen molar-refractivity contribution in [3.8, 4) is 22.5 Å². The lowest BCUT2D eigenvalue weighted by Gasteiger charge is -2.11. The number of para-hydroxylation sites is 4. The molecular formula is C42H26N2O. The van der Waals surface area contributed by atoms with Crippen LogP contribution in [0.5, 0.6) is 0 Å². The first-order valence-corrected chi connectivity index (χ1v) is 15.4. The van der Waals surface area contributed by atoms with Gasteiger partial charge in [-0.25, -0.2) is 0 Å². The molecular weight excluding hydrogens is 548 g/mol. The quantitative estimate of drug-likeness (QED) is 0.206. The second-order valence-electron chi connectivity index (χ2n) is 11.8. The van der Waals surface area contributed by atoms with Gasteiger partial charge in [-0.2, -0.15) is 0 Å². The zero-order valence-electron chi connectivity index (χ0n) is 24.3. The molecule has 0 unspecified atom stereocenters. The highest BCUT2D eigenvalue weighted by molar-refractivity contribution is 6.20. The highest BCUT2D eigenvalue weighted by Crippen LogP contribution is 2.41. The van der Waals surface area contributed by atoms with E-state index in [1.807, 2.05) is 6.07 Å². The highest BCUT2D eigenvalue weighted by Gasteiger charge is 2.20. The average Bonchev–Trinajstić information content (AvgIpc) is 3.75. The summed E-state index contributed by atoms with van der Waals surface area (Å²) in [5, 5.41) is 8.48. The molecule has 3 heterocycles. The summed E-state index contributed by atoms with van der Waals surface area (Å²) in [4.78, 5) is 0. The Kier molecular flexibility index (Phi) is 5.00. The van der Waals surface area contributed by atoms with Crippen molar-refractivity contribution in [3.05, 3.63) is 158 Å². The van der Waals surface area contributed by atoms with E-state index in [0.717, 1.165) is 33.3 Å². The summed E-state index contributed by atoms with van der Waals surface area (Å²) in [7, 11) is 0. The van der Waals surface area contributed by atoms with Gasteiger partial charge in [0.2, 0.25) is 5.71 Å². The van der Waals surface area contributed by atoms with Crippen LogP contribution in [0.2, 0.25) is 0 Å². The zero-order chi connectivity index (χ0) is 29.5. The Morgan fingerprint density at radius 1 is 0.378 bits per heavy atom. The molecule has 3 nitrogen and oxygen atoms in total. The normalized spacial score (nSPS) is 12.0. The predicted octanol–water partition coefficient (Wildman–Crippen LogP) is 11.4. The molecule has 0 radical (unpaired) electrons. The van der Waals surface area contributed by atoms with Crippen LogP contribution in [-0.4, -0.2) is 9.13 Å². The number of fused-ring (bicyclic) bond motifs is 9. The van der Waals surface area contributed by atoms with Crippen molar-refractivity contribution in [2.45, 2.75) is 0 Å². The van der Waals surface area contributed by atoms with Gasteiger partial charge in [-0.1, -0.05) is 97.1 Å². The fraction of sp³-hybridized carbons (Fsp3) is 0. The maximum Gasteiger partial charge on any atom is 0.213 e. The van der Waals surface area contributed by atoms with Crippen LogP contribution in [0, 0.1) is 0 Å². The van der Waals surface area contributed by atoms with Crippen LogP contribution in [0.25, 0.3) is 88.1 Å². The van der Waals surface area contributed by atoms with Gasteiger partial charge in [0.25, 0.3) is 0 Å². The molecule has 0 saturated heterocycles. The predicted molar refractivity (Wildman–Crippen MR) is 188 cm³/mol. The molecule has 10 aromatic rings. The highest BCUT2D eigenvalue weighted by atomic mass is 16.3. The van der Waals surface area contributed by atoms with Crippen LogP contribution < -0.4 is 0 Å². The van der Waals surface area contributed by atoms with E-state index in [9.17, 15) is 0 Å². The van der Waals surface area contributed by atoms with E-state index in [1.54, 1.807) is 0 Å². The van der Waals surface area contributed by atoms with Gasteiger partial charge < -0.3 is 8.98 Å². The summed E-state index contributed by atoms with van der Waals surface area (Å²) in [6.07, 6.45) is 0. The Balaban J connectivity index is 1.14. The fourth-order valence-corrected chi connectivity index (χ4v) is 7.26. The Morgan fingerprint density at radius 2 is 0.978 bits per heavy atom. The van der Waals surface area contributed by atoms with Crippen LogP contribution in [-0.2, 0) is 0 Å². The Bertz CT molecular complexity index is 2710. The summed E-state index contributed by atoms with van der Waals surface area (Å²) < 4.78 is 11.1. The first-order chi connectivity index (χ1) is 22.3. The van der Waals surface area contributed by atoms with Crippen molar-refractivity contribution in [2.24, 2.45) is 0 Å². The Hall–Kier alpha value is -6.06. The molecule has 0 saturated carbocycles. The van der Waals surface area contributed by atoms with Crippen LogP contribution in [0.3, 0.4) is 0 Å². The lowest BCUT2D eigenvalue weighted by Crippen LogP contribution is -1.93. The van der Waals surface area contributed by atoms with Gasteiger partial charge in [0, 0.05) is 32.9 Å². The van der Waals surface area contributed by atoms with E-state index in [0.29, 0.717) is 0 Å². The number of hydrogen-bond donors (Lipinski definition) is 0. The number of rotatable bonds is 3. The van der Waals surface area contributed by atoms with E-state index in [2.05, 4.69) is 161 Å². The fourth-order valence-electron chi connectivity index (χ4n) is 7.26. The molecule has 10 rings (SSSR count). The minimum Gasteiger partial charge on any atom is -0.439 e. The lowest BCUT2D eigenvalue weighted by atomic mass is 9.99. The third-order valence-electron chi connectivity index (χ3n) is 9.30. The van der Waals surface area contributed by atoms with Gasteiger partial charge in [-0.05, 0) is 82.6 Å². The van der Waals surface area contributed by atoms with Crippen molar-refractivity contribution in [1.29, 1.82) is 0 Å². The Labute approximate surface area is 258 Å². The SMILES string of the molecule is c1ccc(-n2c3ccc(-c4ccc5cc(-n6c7ccccc7c7ccccc76)ccc5c4)cc3c3c4ccccc4oc32)cc1. The molecule has 7 aromatic carbocycles. The molecule has 0 aliphatic heterocycles. The molecule has 210 valence electrons. The second-order valence-corrected chi connectivity index (χ2v) is 11.8. The van der Waals surface area contributed by atoms with Gasteiger partial charge in [-0.15, -0.1) is 0 Å². The third kappa shape index (κ3) is 3.52. The van der Waals surface area contributed by atoms with Gasteiger partial charge in [0.1, 0.15) is 5.58 Å². The largest absolute Gasteiger partial charge is 0.439 e. The van der Waals surface area contributed by atoms with Crippen LogP contribution in [0.4, 0.5) is 0 Å². The van der Waals surface area contributed by atoms with Crippen molar-refractivity contribution < 1.29 is 4.42 Å². The van der Waals surface area contributed by atoms with Crippen molar-refractivity contribution >= 4 is 65.6 Å². The van der Waals surface area contributed by atoms with Crippen LogP contribution >= 0.6 is 0 Å². The molecule has 0 fully saturated rings. The maximum absolute atomic E-state index is 6.48. The molecule has 45 heavy (non-hydrogen) atoms. The molecule has 0 N–H and O–H groups in total. The minimum absolute atomic E-state index is 0.880. The standard InChI is InChI=1S/C42H26N2O/c1-2-10-31(11-3-1)44-39-23-21-30(26-36(39)41-35-14-6-9-17-40(35)45-42(41)44)27-18-19-29-25-32(22-20-28(29)24-27)43-37-15-7-4-12-33(37)34-13-5-8-16-38(34)43/h1-26H. The van der Waals surface area contributed by atoms with E-state index >= 15 is 0 Å². The lowest BCUT2D eigenvalue weighted by molar-refractivity contribution is 0.645. The zero-order valence-corrected chi connectivity index (χ0v) is 24.3. The van der Waals surface area contributed by atoms with Gasteiger partial charge in [0.15, 0.2) is 0 Å². The van der Waals surface area contributed by atoms with E-state index in [1.165, 1.54) is 54.8 Å². The van der Waals surface area contributed by atoms with E-state index in [4.69, 9.17) is 4.42 Å². The minimum atomic E-state index is 0.880. The first kappa shape index (κ1) is 24.4. The summed E-state index contributed by atoms with van der Waals surface area (Å²) >= 11 is 0. The molecule has 3 heteroatoms. The number of hydrogen-bond acceptors (Lipinski definition) is 1. The maximum atomic E-state index is 6.48. The summed E-state index contributed by atoms with van der Waals surface area (Å²) in [5.41, 5.74) is 10.0. The molecule has 3 aromatic heterocycles. The van der Waals surface area contributed by atoms with Crippen molar-refractivity contribution in [3.63, 3.8) is 0 Å². The summed E-state index contributed by atoms with van der Waals surface area (Å²) in [6, 6.07) is 56.6. The van der Waals surface area contributed by atoms with Crippen molar-refractivity contribution in [1.82, 2.24) is 9.13 Å². The van der Waals surface area contributed by atoms with E-state index < -0.39 is 0 Å². The average molecular weight is 575 g/mol. The monoisotopic (exact) mass is 574 g/mol. The Morgan fingerprint density at radius 3 is 1.78 bits per heavy atom. The molecule has 0 bridgehead atoms. The van der Waals surface area contributed by atoms with Gasteiger partial charge >= 0.3 is 0 Å². The molecule has 0 aliphatic rings. The topological polar surface area (TPSA) is 23.0 Å². The van der Waals surface area contributed by atoms with Gasteiger partial charge in [0.05, 0.1) is 21.9 Å².